The van der Waals surface area contributed by atoms with Gasteiger partial charge in [-0.25, -0.2) is 4.39 Å². The maximum atomic E-state index is 13.3. The second-order valence-corrected chi connectivity index (χ2v) is 6.22. The van der Waals surface area contributed by atoms with Gasteiger partial charge in [0.2, 0.25) is 0 Å². The lowest BCUT2D eigenvalue weighted by Crippen LogP contribution is -2.00. The molecule has 0 amide bonds. The molecule has 0 aliphatic heterocycles. The molecule has 0 saturated heterocycles. The summed E-state index contributed by atoms with van der Waals surface area (Å²) in [6.07, 6.45) is 0. The number of rotatable bonds is 4. The molecule has 0 aliphatic rings. The van der Waals surface area contributed by atoms with Crippen LogP contribution in [0.3, 0.4) is 0 Å². The number of nitrogens with two attached hydrogens (primary N) is 1. The zero-order valence-corrected chi connectivity index (χ0v) is 10.7. The smallest absolute Gasteiger partial charge is 0.123 e. The van der Waals surface area contributed by atoms with Gasteiger partial charge in [-0.15, -0.1) is 11.3 Å². The summed E-state index contributed by atoms with van der Waals surface area (Å²) in [7, 11) is -1.11. The zero-order chi connectivity index (χ0) is 12.3. The first-order valence-corrected chi connectivity index (χ1v) is 7.29. The van der Waals surface area contributed by atoms with Gasteiger partial charge in [0, 0.05) is 6.54 Å². The minimum absolute atomic E-state index is 0.288. The van der Waals surface area contributed by atoms with E-state index in [0.29, 0.717) is 5.75 Å². The average Bonchev–Trinajstić information content (AvgIpc) is 2.81. The Morgan fingerprint density at radius 2 is 2.06 bits per heavy atom. The van der Waals surface area contributed by atoms with Crippen molar-refractivity contribution in [3.05, 3.63) is 52.7 Å². The molecule has 0 fully saturated rings. The van der Waals surface area contributed by atoms with Crippen LogP contribution in [-0.2, 0) is 23.1 Å². The first-order chi connectivity index (χ1) is 8.19. The van der Waals surface area contributed by atoms with E-state index in [9.17, 15) is 8.60 Å². The Morgan fingerprint density at radius 3 is 2.71 bits per heavy atom. The summed E-state index contributed by atoms with van der Waals surface area (Å²) < 4.78 is 26.0. The van der Waals surface area contributed by atoms with Crippen LogP contribution in [0, 0.1) is 5.82 Å². The molecule has 2 aromatic rings. The number of hydrogen-bond acceptors (Lipinski definition) is 3. The van der Waals surface area contributed by atoms with E-state index in [2.05, 4.69) is 0 Å². The van der Waals surface area contributed by atoms with Crippen LogP contribution in [0.4, 0.5) is 4.39 Å². The fourth-order valence-corrected chi connectivity index (χ4v) is 3.60. The Balaban J connectivity index is 2.18. The van der Waals surface area contributed by atoms with E-state index in [0.717, 1.165) is 15.3 Å². The fourth-order valence-electron chi connectivity index (χ4n) is 1.53. The number of thiophene rings is 1. The summed E-state index contributed by atoms with van der Waals surface area (Å²) >= 11 is 1.45. The van der Waals surface area contributed by atoms with Crippen molar-refractivity contribution in [1.82, 2.24) is 0 Å². The lowest BCUT2D eigenvalue weighted by Gasteiger charge is -2.04. The molecule has 90 valence electrons. The molecule has 1 aromatic heterocycles. The molecule has 0 bridgehead atoms. The third-order valence-electron chi connectivity index (χ3n) is 2.27. The highest BCUT2D eigenvalue weighted by atomic mass is 32.2. The molecule has 2 N–H and O–H groups in total. The quantitative estimate of drug-likeness (QED) is 0.927. The highest BCUT2D eigenvalue weighted by molar-refractivity contribution is 7.86. The van der Waals surface area contributed by atoms with Gasteiger partial charge in [-0.05, 0) is 34.7 Å². The van der Waals surface area contributed by atoms with Gasteiger partial charge in [0.05, 0.1) is 20.8 Å². The van der Waals surface area contributed by atoms with Crippen molar-refractivity contribution in [2.75, 3.05) is 0 Å². The van der Waals surface area contributed by atoms with Crippen LogP contribution in [0.1, 0.15) is 11.1 Å². The van der Waals surface area contributed by atoms with Gasteiger partial charge in [0.1, 0.15) is 5.82 Å². The molecule has 0 aliphatic carbocycles. The van der Waals surface area contributed by atoms with Crippen LogP contribution in [0.15, 0.2) is 39.9 Å². The van der Waals surface area contributed by atoms with E-state index in [-0.39, 0.29) is 12.4 Å². The first-order valence-electron chi connectivity index (χ1n) is 5.09. The molecule has 1 atom stereocenters. The molecular weight excluding hydrogens is 257 g/mol. The summed E-state index contributed by atoms with van der Waals surface area (Å²) in [5, 5.41) is 1.88. The Bertz CT molecular complexity index is 525. The van der Waals surface area contributed by atoms with Crippen molar-refractivity contribution in [2.45, 2.75) is 16.5 Å². The van der Waals surface area contributed by atoms with Crippen LogP contribution >= 0.6 is 11.3 Å². The van der Waals surface area contributed by atoms with Gasteiger partial charge in [-0.3, -0.25) is 4.21 Å². The normalized spacial score (nSPS) is 12.6. The third kappa shape index (κ3) is 3.21. The molecule has 0 spiro atoms. The van der Waals surface area contributed by atoms with Crippen molar-refractivity contribution >= 4 is 22.1 Å². The van der Waals surface area contributed by atoms with E-state index in [1.165, 1.54) is 23.5 Å². The van der Waals surface area contributed by atoms with E-state index >= 15 is 0 Å². The van der Waals surface area contributed by atoms with Gasteiger partial charge >= 0.3 is 0 Å². The van der Waals surface area contributed by atoms with E-state index in [1.807, 2.05) is 17.5 Å². The lowest BCUT2D eigenvalue weighted by molar-refractivity contribution is 0.624. The molecule has 1 aromatic carbocycles. The summed E-state index contributed by atoms with van der Waals surface area (Å²) in [5.74, 6) is -0.00298. The standard InChI is InChI=1S/C12H12FNOS2/c13-11-5-9(7-14)4-10(6-11)8-17(15)12-2-1-3-16-12/h1-6H,7-8,14H2. The Morgan fingerprint density at radius 1 is 1.29 bits per heavy atom. The maximum Gasteiger partial charge on any atom is 0.123 e. The molecular formula is C12H12FNOS2. The predicted octanol–water partition coefficient (Wildman–Crippen LogP) is 2.65. The molecule has 17 heavy (non-hydrogen) atoms. The van der Waals surface area contributed by atoms with E-state index < -0.39 is 10.8 Å². The van der Waals surface area contributed by atoms with Gasteiger partial charge in [0.25, 0.3) is 0 Å². The summed E-state index contributed by atoms with van der Waals surface area (Å²) in [5.41, 5.74) is 6.92. The molecule has 1 unspecified atom stereocenters. The molecule has 2 nitrogen and oxygen atoms in total. The minimum Gasteiger partial charge on any atom is -0.326 e. The molecule has 1 heterocycles. The lowest BCUT2D eigenvalue weighted by atomic mass is 10.1. The Kier molecular flexibility index (Phi) is 4.04. The van der Waals surface area contributed by atoms with Crippen LogP contribution in [0.5, 0.6) is 0 Å². The van der Waals surface area contributed by atoms with Crippen LogP contribution in [-0.4, -0.2) is 4.21 Å². The monoisotopic (exact) mass is 269 g/mol. The topological polar surface area (TPSA) is 43.1 Å². The van der Waals surface area contributed by atoms with Crippen LogP contribution < -0.4 is 5.73 Å². The third-order valence-corrected chi connectivity index (χ3v) is 4.96. The van der Waals surface area contributed by atoms with Crippen molar-refractivity contribution in [1.29, 1.82) is 0 Å². The van der Waals surface area contributed by atoms with Gasteiger partial charge in [0.15, 0.2) is 0 Å². The van der Waals surface area contributed by atoms with Crippen molar-refractivity contribution < 1.29 is 8.60 Å². The summed E-state index contributed by atoms with van der Waals surface area (Å²) in [6, 6.07) is 8.29. The summed E-state index contributed by atoms with van der Waals surface area (Å²) in [4.78, 5) is 0. The van der Waals surface area contributed by atoms with Gasteiger partial charge < -0.3 is 5.73 Å². The fraction of sp³-hybridized carbons (Fsp3) is 0.167. The first kappa shape index (κ1) is 12.4. The van der Waals surface area contributed by atoms with Gasteiger partial charge in [-0.2, -0.15) is 0 Å². The molecule has 2 rings (SSSR count). The number of halogens is 1. The van der Waals surface area contributed by atoms with Crippen molar-refractivity contribution in [3.63, 3.8) is 0 Å². The molecule has 0 radical (unpaired) electrons. The second kappa shape index (κ2) is 5.53. The number of hydrogen-bond donors (Lipinski definition) is 1. The number of benzene rings is 1. The van der Waals surface area contributed by atoms with Crippen molar-refractivity contribution in [3.8, 4) is 0 Å². The molecule has 0 saturated carbocycles. The average molecular weight is 269 g/mol. The van der Waals surface area contributed by atoms with Crippen LogP contribution in [0.2, 0.25) is 0 Å². The Hall–Kier alpha value is -1.04. The maximum absolute atomic E-state index is 13.3. The highest BCUT2D eigenvalue weighted by Crippen LogP contribution is 2.18. The SMILES string of the molecule is NCc1cc(F)cc(CS(=O)c2cccs2)c1. The van der Waals surface area contributed by atoms with Crippen LogP contribution in [0.25, 0.3) is 0 Å². The molecule has 5 heteroatoms. The minimum atomic E-state index is -1.11. The zero-order valence-electron chi connectivity index (χ0n) is 9.06. The predicted molar refractivity (Wildman–Crippen MR) is 68.7 cm³/mol. The highest BCUT2D eigenvalue weighted by Gasteiger charge is 2.08. The second-order valence-electron chi connectivity index (χ2n) is 3.59. The Labute approximate surface area is 106 Å². The van der Waals surface area contributed by atoms with E-state index in [4.69, 9.17) is 5.73 Å². The summed E-state index contributed by atoms with van der Waals surface area (Å²) in [6.45, 7) is 0.288. The van der Waals surface area contributed by atoms with Crippen molar-refractivity contribution in [2.24, 2.45) is 5.73 Å². The van der Waals surface area contributed by atoms with Gasteiger partial charge in [-0.1, -0.05) is 12.1 Å². The largest absolute Gasteiger partial charge is 0.326 e. The van der Waals surface area contributed by atoms with E-state index in [1.54, 1.807) is 6.07 Å².